The van der Waals surface area contributed by atoms with Gasteiger partial charge in [0, 0.05) is 30.9 Å². The lowest BCUT2D eigenvalue weighted by Gasteiger charge is -2.34. The van der Waals surface area contributed by atoms with E-state index in [1.54, 1.807) is 6.07 Å². The SMILES string of the molecule is [O-]c1cc(-c2cnc(OC3CC(Oc4cccc(OC(F)(F)F)c4)C3)cn2)on1. The van der Waals surface area contributed by atoms with Gasteiger partial charge in [-0.2, -0.15) is 0 Å². The molecule has 4 rings (SSSR count). The fourth-order valence-electron chi connectivity index (χ4n) is 2.70. The van der Waals surface area contributed by atoms with Crippen LogP contribution in [0.3, 0.4) is 0 Å². The Labute approximate surface area is 161 Å². The van der Waals surface area contributed by atoms with Crippen molar-refractivity contribution >= 4 is 0 Å². The molecule has 152 valence electrons. The number of nitrogens with zero attached hydrogens (tertiary/aromatic N) is 3. The number of benzene rings is 1. The summed E-state index contributed by atoms with van der Waals surface area (Å²) in [5.74, 6) is -0.0573. The molecule has 0 saturated heterocycles. The van der Waals surface area contributed by atoms with Crippen molar-refractivity contribution in [1.29, 1.82) is 0 Å². The zero-order valence-corrected chi connectivity index (χ0v) is 14.6. The van der Waals surface area contributed by atoms with Gasteiger partial charge >= 0.3 is 6.36 Å². The van der Waals surface area contributed by atoms with Crippen LogP contribution in [0.25, 0.3) is 11.5 Å². The fourth-order valence-corrected chi connectivity index (χ4v) is 2.70. The largest absolute Gasteiger partial charge is 0.856 e. The van der Waals surface area contributed by atoms with E-state index < -0.39 is 12.2 Å². The summed E-state index contributed by atoms with van der Waals surface area (Å²) in [7, 11) is 0. The van der Waals surface area contributed by atoms with Crippen LogP contribution in [0.4, 0.5) is 13.2 Å². The molecule has 2 aromatic heterocycles. The lowest BCUT2D eigenvalue weighted by molar-refractivity contribution is -0.277. The van der Waals surface area contributed by atoms with E-state index in [9.17, 15) is 18.3 Å². The number of aromatic nitrogens is 3. The third-order valence-electron chi connectivity index (χ3n) is 4.05. The normalized spacial score (nSPS) is 18.7. The van der Waals surface area contributed by atoms with Gasteiger partial charge in [0.2, 0.25) is 5.88 Å². The highest BCUT2D eigenvalue weighted by atomic mass is 19.4. The molecule has 11 heteroatoms. The summed E-state index contributed by atoms with van der Waals surface area (Å²) >= 11 is 0. The average Bonchev–Trinajstić information content (AvgIpc) is 3.06. The molecule has 0 atom stereocenters. The molecule has 29 heavy (non-hydrogen) atoms. The number of ether oxygens (including phenoxy) is 3. The second-order valence-electron chi connectivity index (χ2n) is 6.24. The predicted molar refractivity (Wildman–Crippen MR) is 88.2 cm³/mol. The summed E-state index contributed by atoms with van der Waals surface area (Å²) in [6, 6.07) is 6.56. The van der Waals surface area contributed by atoms with Crippen LogP contribution in [-0.2, 0) is 0 Å². The molecule has 0 radical (unpaired) electrons. The molecule has 0 bridgehead atoms. The standard InChI is InChI=1S/C18H14F3N3O5/c19-18(20,21)28-11-3-1-2-10(4-11)26-12-5-13(6-12)27-17-9-22-14(8-23-17)15-7-16(25)24-29-15/h1-4,7-9,12-13H,5-6H2,(H,24,25)/p-1. The maximum atomic E-state index is 12.3. The molecule has 2 heterocycles. The van der Waals surface area contributed by atoms with Crippen LogP contribution in [0.15, 0.2) is 47.2 Å². The first-order valence-corrected chi connectivity index (χ1v) is 8.49. The van der Waals surface area contributed by atoms with E-state index in [0.29, 0.717) is 24.4 Å². The Morgan fingerprint density at radius 3 is 2.41 bits per heavy atom. The van der Waals surface area contributed by atoms with Gasteiger partial charge in [0.25, 0.3) is 0 Å². The molecule has 0 unspecified atom stereocenters. The van der Waals surface area contributed by atoms with Crippen LogP contribution in [0, 0.1) is 0 Å². The number of halogens is 3. The molecule has 1 aliphatic rings. The zero-order chi connectivity index (χ0) is 20.4. The van der Waals surface area contributed by atoms with Crippen molar-refractivity contribution in [3.05, 3.63) is 42.7 Å². The van der Waals surface area contributed by atoms with Gasteiger partial charge in [0.15, 0.2) is 5.76 Å². The quantitative estimate of drug-likeness (QED) is 0.613. The number of rotatable bonds is 6. The lowest BCUT2D eigenvalue weighted by Crippen LogP contribution is -2.41. The molecular formula is C18H13F3N3O5-. The molecule has 1 aliphatic carbocycles. The van der Waals surface area contributed by atoms with Gasteiger partial charge in [-0.15, -0.1) is 13.2 Å². The first-order chi connectivity index (χ1) is 13.8. The van der Waals surface area contributed by atoms with Crippen molar-refractivity contribution in [2.45, 2.75) is 31.4 Å². The summed E-state index contributed by atoms with van der Waals surface area (Å²) < 4.78 is 56.8. The van der Waals surface area contributed by atoms with Gasteiger partial charge < -0.3 is 23.8 Å². The molecule has 0 N–H and O–H groups in total. The minimum absolute atomic E-state index is 0.159. The summed E-state index contributed by atoms with van der Waals surface area (Å²) in [6.07, 6.45) is -1.24. The molecule has 3 aromatic rings. The first kappa shape index (κ1) is 18.8. The monoisotopic (exact) mass is 408 g/mol. The van der Waals surface area contributed by atoms with E-state index in [2.05, 4.69) is 19.9 Å². The molecule has 1 aromatic carbocycles. The second kappa shape index (κ2) is 7.49. The lowest BCUT2D eigenvalue weighted by atomic mass is 9.92. The van der Waals surface area contributed by atoms with E-state index in [0.717, 1.165) is 0 Å². The molecule has 8 nitrogen and oxygen atoms in total. The first-order valence-electron chi connectivity index (χ1n) is 8.49. The third kappa shape index (κ3) is 4.86. The van der Waals surface area contributed by atoms with Crippen LogP contribution in [0.1, 0.15) is 12.8 Å². The van der Waals surface area contributed by atoms with E-state index in [1.807, 2.05) is 0 Å². The van der Waals surface area contributed by atoms with Gasteiger partial charge in [-0.25, -0.2) is 9.97 Å². The average molecular weight is 408 g/mol. The van der Waals surface area contributed by atoms with Crippen LogP contribution in [0.2, 0.25) is 0 Å². The van der Waals surface area contributed by atoms with Crippen LogP contribution in [-0.4, -0.2) is 33.7 Å². The number of hydrogen-bond donors (Lipinski definition) is 0. The van der Waals surface area contributed by atoms with Crippen LogP contribution >= 0.6 is 0 Å². The fraction of sp³-hybridized carbons (Fsp3) is 0.278. The molecule has 0 spiro atoms. The van der Waals surface area contributed by atoms with Gasteiger partial charge in [0.1, 0.15) is 29.4 Å². The van der Waals surface area contributed by atoms with Gasteiger partial charge in [-0.1, -0.05) is 11.2 Å². The summed E-state index contributed by atoms with van der Waals surface area (Å²) in [6.45, 7) is 0. The second-order valence-corrected chi connectivity index (χ2v) is 6.24. The minimum Gasteiger partial charge on any atom is -0.856 e. The van der Waals surface area contributed by atoms with Gasteiger partial charge in [0.05, 0.1) is 12.4 Å². The van der Waals surface area contributed by atoms with Crippen molar-refractivity contribution in [1.82, 2.24) is 15.1 Å². The Kier molecular flexibility index (Phi) is 4.87. The molecule has 1 fully saturated rings. The Bertz CT molecular complexity index is 971. The van der Waals surface area contributed by atoms with E-state index in [-0.39, 0.29) is 29.5 Å². The highest BCUT2D eigenvalue weighted by Gasteiger charge is 2.34. The van der Waals surface area contributed by atoms with Crippen molar-refractivity contribution in [2.75, 3.05) is 0 Å². The maximum Gasteiger partial charge on any atom is 0.573 e. The van der Waals surface area contributed by atoms with E-state index in [1.165, 1.54) is 36.7 Å². The summed E-state index contributed by atoms with van der Waals surface area (Å²) in [5.41, 5.74) is 0.350. The van der Waals surface area contributed by atoms with Crippen LogP contribution in [0.5, 0.6) is 23.3 Å². The maximum absolute atomic E-state index is 12.3. The topological polar surface area (TPSA) is 103 Å². The Morgan fingerprint density at radius 1 is 1.00 bits per heavy atom. The van der Waals surface area contributed by atoms with E-state index >= 15 is 0 Å². The summed E-state index contributed by atoms with van der Waals surface area (Å²) in [4.78, 5) is 8.20. The Morgan fingerprint density at radius 2 is 1.76 bits per heavy atom. The third-order valence-corrected chi connectivity index (χ3v) is 4.05. The molecule has 1 saturated carbocycles. The summed E-state index contributed by atoms with van der Waals surface area (Å²) in [5, 5.41) is 14.3. The Hall–Kier alpha value is -3.50. The molecular weight excluding hydrogens is 395 g/mol. The Balaban J connectivity index is 1.27. The van der Waals surface area contributed by atoms with E-state index in [4.69, 9.17) is 14.0 Å². The highest BCUT2D eigenvalue weighted by molar-refractivity contribution is 5.51. The zero-order valence-electron chi connectivity index (χ0n) is 14.6. The van der Waals surface area contributed by atoms with Crippen molar-refractivity contribution < 1.29 is 37.0 Å². The molecule has 0 aliphatic heterocycles. The van der Waals surface area contributed by atoms with Crippen molar-refractivity contribution in [3.63, 3.8) is 0 Å². The van der Waals surface area contributed by atoms with Gasteiger partial charge in [-0.3, -0.25) is 0 Å². The number of hydrogen-bond acceptors (Lipinski definition) is 8. The smallest absolute Gasteiger partial charge is 0.573 e. The number of alkyl halides is 3. The van der Waals surface area contributed by atoms with Gasteiger partial charge in [-0.05, 0) is 12.1 Å². The van der Waals surface area contributed by atoms with Crippen molar-refractivity contribution in [2.24, 2.45) is 0 Å². The minimum atomic E-state index is -4.75. The predicted octanol–water partition coefficient (Wildman–Crippen LogP) is 3.09. The van der Waals surface area contributed by atoms with Crippen LogP contribution < -0.4 is 19.3 Å². The van der Waals surface area contributed by atoms with Crippen molar-refractivity contribution in [3.8, 4) is 34.7 Å². The highest BCUT2D eigenvalue weighted by Crippen LogP contribution is 2.32. The molecule has 0 amide bonds.